The van der Waals surface area contributed by atoms with Gasteiger partial charge in [0, 0.05) is 13.2 Å². The average molecular weight is 293 g/mol. The molecule has 1 fully saturated rings. The van der Waals surface area contributed by atoms with E-state index in [4.69, 9.17) is 20.8 Å². The Morgan fingerprint density at radius 1 is 1.43 bits per heavy atom. The molecule has 0 unspecified atom stereocenters. The standard InChI is InChI=1S/C15H23N3O3/c1-21-14-8-12(2-3-13(14)15(16)17-20)9-18-6-4-11(10-19)5-7-18/h2-3,8,11,19-20H,4-7,9-10H2,1H3,(H2,16,17). The van der Waals surface area contributed by atoms with E-state index >= 15 is 0 Å². The Balaban J connectivity index is 2.04. The van der Waals surface area contributed by atoms with Crippen LogP contribution >= 0.6 is 0 Å². The lowest BCUT2D eigenvalue weighted by atomic mass is 9.97. The van der Waals surface area contributed by atoms with Gasteiger partial charge in [-0.05, 0) is 49.5 Å². The molecule has 1 saturated heterocycles. The van der Waals surface area contributed by atoms with Crippen LogP contribution in [0.15, 0.2) is 23.4 Å². The molecule has 4 N–H and O–H groups in total. The van der Waals surface area contributed by atoms with Gasteiger partial charge in [-0.15, -0.1) is 0 Å². The Hall–Kier alpha value is -1.79. The van der Waals surface area contributed by atoms with Crippen molar-refractivity contribution in [2.24, 2.45) is 16.8 Å². The Labute approximate surface area is 124 Å². The summed E-state index contributed by atoms with van der Waals surface area (Å²) in [6.07, 6.45) is 2.08. The van der Waals surface area contributed by atoms with Crippen LogP contribution in [0.2, 0.25) is 0 Å². The first kappa shape index (κ1) is 15.6. The number of aliphatic hydroxyl groups is 1. The molecular formula is C15H23N3O3. The molecule has 0 atom stereocenters. The van der Waals surface area contributed by atoms with Gasteiger partial charge in [-0.25, -0.2) is 0 Å². The van der Waals surface area contributed by atoms with E-state index in [9.17, 15) is 0 Å². The summed E-state index contributed by atoms with van der Waals surface area (Å²) < 4.78 is 5.31. The molecule has 0 saturated carbocycles. The van der Waals surface area contributed by atoms with Gasteiger partial charge in [-0.2, -0.15) is 0 Å². The fourth-order valence-corrected chi connectivity index (χ4v) is 2.68. The smallest absolute Gasteiger partial charge is 0.173 e. The van der Waals surface area contributed by atoms with Crippen molar-refractivity contribution in [2.45, 2.75) is 19.4 Å². The van der Waals surface area contributed by atoms with E-state index in [2.05, 4.69) is 10.1 Å². The number of likely N-dealkylation sites (tertiary alicyclic amines) is 1. The quantitative estimate of drug-likeness (QED) is 0.326. The van der Waals surface area contributed by atoms with Crippen LogP contribution in [0.4, 0.5) is 0 Å². The molecule has 0 spiro atoms. The van der Waals surface area contributed by atoms with E-state index in [1.165, 1.54) is 0 Å². The van der Waals surface area contributed by atoms with Crippen molar-refractivity contribution in [3.63, 3.8) is 0 Å². The largest absolute Gasteiger partial charge is 0.496 e. The van der Waals surface area contributed by atoms with Gasteiger partial charge >= 0.3 is 0 Å². The van der Waals surface area contributed by atoms with Crippen LogP contribution in [0.1, 0.15) is 24.0 Å². The number of benzene rings is 1. The molecule has 0 aliphatic carbocycles. The SMILES string of the molecule is COc1cc(CN2CCC(CO)CC2)ccc1/C(N)=N/O. The maximum atomic E-state index is 9.16. The highest BCUT2D eigenvalue weighted by Gasteiger charge is 2.19. The van der Waals surface area contributed by atoms with Crippen molar-refractivity contribution in [2.75, 3.05) is 26.8 Å². The van der Waals surface area contributed by atoms with E-state index in [0.29, 0.717) is 17.2 Å². The lowest BCUT2D eigenvalue weighted by Gasteiger charge is -2.31. The zero-order valence-corrected chi connectivity index (χ0v) is 12.3. The third-order valence-corrected chi connectivity index (χ3v) is 4.02. The number of amidine groups is 1. The minimum atomic E-state index is 0.0437. The topological polar surface area (TPSA) is 91.3 Å². The van der Waals surface area contributed by atoms with E-state index in [1.54, 1.807) is 7.11 Å². The molecule has 0 amide bonds. The number of rotatable bonds is 5. The third kappa shape index (κ3) is 3.86. The normalized spacial score (nSPS) is 17.9. The lowest BCUT2D eigenvalue weighted by molar-refractivity contribution is 0.127. The second-order valence-electron chi connectivity index (χ2n) is 5.42. The van der Waals surface area contributed by atoms with Gasteiger partial charge in [-0.3, -0.25) is 4.90 Å². The van der Waals surface area contributed by atoms with Crippen molar-refractivity contribution < 1.29 is 15.1 Å². The fourth-order valence-electron chi connectivity index (χ4n) is 2.68. The van der Waals surface area contributed by atoms with Gasteiger partial charge in [0.25, 0.3) is 0 Å². The highest BCUT2D eigenvalue weighted by atomic mass is 16.5. The highest BCUT2D eigenvalue weighted by Crippen LogP contribution is 2.23. The molecule has 1 heterocycles. The van der Waals surface area contributed by atoms with E-state index in [1.807, 2.05) is 18.2 Å². The third-order valence-electron chi connectivity index (χ3n) is 4.02. The number of aliphatic hydroxyl groups excluding tert-OH is 1. The number of nitrogens with two attached hydrogens (primary N) is 1. The van der Waals surface area contributed by atoms with Crippen molar-refractivity contribution in [3.05, 3.63) is 29.3 Å². The summed E-state index contributed by atoms with van der Waals surface area (Å²) in [6.45, 7) is 3.12. The fraction of sp³-hybridized carbons (Fsp3) is 0.533. The molecule has 1 aromatic carbocycles. The highest BCUT2D eigenvalue weighted by molar-refractivity contribution is 5.99. The molecule has 1 aliphatic heterocycles. The Bertz CT molecular complexity index is 497. The summed E-state index contributed by atoms with van der Waals surface area (Å²) in [6, 6.07) is 5.70. The van der Waals surface area contributed by atoms with E-state index in [0.717, 1.165) is 38.0 Å². The molecule has 1 aromatic rings. The predicted octanol–water partition coefficient (Wildman–Crippen LogP) is 0.994. The second-order valence-corrected chi connectivity index (χ2v) is 5.42. The summed E-state index contributed by atoms with van der Waals surface area (Å²) in [5.41, 5.74) is 7.34. The molecule has 21 heavy (non-hydrogen) atoms. The van der Waals surface area contributed by atoms with Crippen LogP contribution in [0.5, 0.6) is 5.75 Å². The zero-order chi connectivity index (χ0) is 15.2. The minimum Gasteiger partial charge on any atom is -0.496 e. The summed E-state index contributed by atoms with van der Waals surface area (Å²) in [7, 11) is 1.57. The molecule has 0 radical (unpaired) electrons. The second kappa shape index (κ2) is 7.28. The number of nitrogens with zero attached hydrogens (tertiary/aromatic N) is 2. The van der Waals surface area contributed by atoms with Gasteiger partial charge in [-0.1, -0.05) is 11.2 Å². The number of methoxy groups -OCH3 is 1. The van der Waals surface area contributed by atoms with Crippen molar-refractivity contribution >= 4 is 5.84 Å². The van der Waals surface area contributed by atoms with Gasteiger partial charge in [0.05, 0.1) is 12.7 Å². The summed E-state index contributed by atoms with van der Waals surface area (Å²) in [5, 5.41) is 20.9. The zero-order valence-electron chi connectivity index (χ0n) is 12.3. The van der Waals surface area contributed by atoms with Crippen LogP contribution in [-0.4, -0.2) is 47.9 Å². The monoisotopic (exact) mass is 293 g/mol. The van der Waals surface area contributed by atoms with E-state index < -0.39 is 0 Å². The summed E-state index contributed by atoms with van der Waals surface area (Å²) in [4.78, 5) is 2.37. The molecule has 2 rings (SSSR count). The first-order chi connectivity index (χ1) is 10.2. The van der Waals surface area contributed by atoms with Crippen LogP contribution in [0, 0.1) is 5.92 Å². The predicted molar refractivity (Wildman–Crippen MR) is 80.6 cm³/mol. The Morgan fingerprint density at radius 3 is 2.71 bits per heavy atom. The first-order valence-corrected chi connectivity index (χ1v) is 7.16. The lowest BCUT2D eigenvalue weighted by Crippen LogP contribution is -2.34. The van der Waals surface area contributed by atoms with Crippen molar-refractivity contribution in [3.8, 4) is 5.75 Å². The Morgan fingerprint density at radius 2 is 2.14 bits per heavy atom. The molecule has 0 bridgehead atoms. The molecule has 0 aromatic heterocycles. The number of oxime groups is 1. The molecule has 6 heteroatoms. The maximum Gasteiger partial charge on any atom is 0.173 e. The average Bonchev–Trinajstić information content (AvgIpc) is 2.54. The molecule has 1 aliphatic rings. The summed E-state index contributed by atoms with van der Waals surface area (Å²) in [5.74, 6) is 1.09. The maximum absolute atomic E-state index is 9.16. The molecule has 116 valence electrons. The number of ether oxygens (including phenoxy) is 1. The van der Waals surface area contributed by atoms with Crippen LogP contribution in [-0.2, 0) is 6.54 Å². The number of hydrogen-bond donors (Lipinski definition) is 3. The van der Waals surface area contributed by atoms with Crippen molar-refractivity contribution in [1.29, 1.82) is 0 Å². The van der Waals surface area contributed by atoms with E-state index in [-0.39, 0.29) is 12.4 Å². The Kier molecular flexibility index (Phi) is 5.41. The number of hydrogen-bond acceptors (Lipinski definition) is 5. The molecular weight excluding hydrogens is 270 g/mol. The van der Waals surface area contributed by atoms with Crippen LogP contribution in [0.3, 0.4) is 0 Å². The first-order valence-electron chi connectivity index (χ1n) is 7.16. The van der Waals surface area contributed by atoms with Crippen LogP contribution in [0.25, 0.3) is 0 Å². The van der Waals surface area contributed by atoms with Gasteiger partial charge in [0.1, 0.15) is 5.75 Å². The van der Waals surface area contributed by atoms with Crippen LogP contribution < -0.4 is 10.5 Å². The summed E-state index contributed by atoms with van der Waals surface area (Å²) >= 11 is 0. The molecule has 6 nitrogen and oxygen atoms in total. The van der Waals surface area contributed by atoms with Gasteiger partial charge in [0.15, 0.2) is 5.84 Å². The van der Waals surface area contributed by atoms with Gasteiger partial charge < -0.3 is 20.8 Å². The number of piperidine rings is 1. The van der Waals surface area contributed by atoms with Gasteiger partial charge in [0.2, 0.25) is 0 Å². The minimum absolute atomic E-state index is 0.0437. The van der Waals surface area contributed by atoms with Crippen molar-refractivity contribution in [1.82, 2.24) is 4.90 Å².